The molecule has 4 heteroatoms. The number of rotatable bonds is 3. The first-order chi connectivity index (χ1) is 9.35. The molecule has 0 aromatic carbocycles. The lowest BCUT2D eigenvalue weighted by molar-refractivity contribution is 0.0340. The minimum Gasteiger partial charge on any atom is -0.375 e. The number of morpholine rings is 1. The molecule has 1 fully saturated rings. The summed E-state index contributed by atoms with van der Waals surface area (Å²) in [5, 5.41) is 3.52. The van der Waals surface area contributed by atoms with Gasteiger partial charge in [0.05, 0.1) is 18.8 Å². The third-order valence-electron chi connectivity index (χ3n) is 3.53. The highest BCUT2D eigenvalue weighted by atomic mass is 16.5. The number of pyridine rings is 1. The molecule has 1 aromatic rings. The lowest BCUT2D eigenvalue weighted by Gasteiger charge is -2.37. The maximum atomic E-state index is 5.68. The smallest absolute Gasteiger partial charge is 0.129 e. The van der Waals surface area contributed by atoms with E-state index in [-0.39, 0.29) is 11.6 Å². The van der Waals surface area contributed by atoms with E-state index in [1.807, 2.05) is 6.20 Å². The van der Waals surface area contributed by atoms with Crippen molar-refractivity contribution >= 4 is 5.82 Å². The molecule has 2 heterocycles. The Bertz CT molecular complexity index is 442. The van der Waals surface area contributed by atoms with Gasteiger partial charge in [0.25, 0.3) is 0 Å². The van der Waals surface area contributed by atoms with Gasteiger partial charge in [-0.3, -0.25) is 0 Å². The van der Waals surface area contributed by atoms with Crippen LogP contribution in [-0.2, 0) is 11.3 Å². The minimum absolute atomic E-state index is 0.129. The van der Waals surface area contributed by atoms with Gasteiger partial charge in [-0.15, -0.1) is 0 Å². The van der Waals surface area contributed by atoms with Crippen molar-refractivity contribution in [3.05, 3.63) is 23.9 Å². The van der Waals surface area contributed by atoms with Crippen LogP contribution in [0, 0.1) is 0 Å². The van der Waals surface area contributed by atoms with E-state index in [1.165, 1.54) is 5.56 Å². The second kappa shape index (κ2) is 6.10. The molecule has 0 bridgehead atoms. The standard InChI is InChI=1S/C16H27N3O/c1-12-11-20-13(2)10-19(12)15-8-14(6-7-17-15)9-18-16(3,4)5/h6-8,12-13,18H,9-11H2,1-5H3. The highest BCUT2D eigenvalue weighted by Crippen LogP contribution is 2.20. The molecular weight excluding hydrogens is 250 g/mol. The van der Waals surface area contributed by atoms with Crippen LogP contribution in [0.1, 0.15) is 40.2 Å². The molecular formula is C16H27N3O. The molecule has 2 rings (SSSR count). The van der Waals surface area contributed by atoms with E-state index in [0.29, 0.717) is 6.04 Å². The molecule has 112 valence electrons. The summed E-state index contributed by atoms with van der Waals surface area (Å²) in [5.74, 6) is 1.06. The fourth-order valence-corrected chi connectivity index (χ4v) is 2.32. The second-order valence-corrected chi connectivity index (χ2v) is 6.77. The Morgan fingerprint density at radius 1 is 1.40 bits per heavy atom. The maximum absolute atomic E-state index is 5.68. The van der Waals surface area contributed by atoms with Crippen molar-refractivity contribution in [2.24, 2.45) is 0 Å². The van der Waals surface area contributed by atoms with E-state index in [4.69, 9.17) is 4.74 Å². The van der Waals surface area contributed by atoms with E-state index in [2.05, 4.69) is 62.0 Å². The fourth-order valence-electron chi connectivity index (χ4n) is 2.32. The van der Waals surface area contributed by atoms with E-state index in [1.54, 1.807) is 0 Å². The van der Waals surface area contributed by atoms with Gasteiger partial charge in [-0.05, 0) is 52.3 Å². The summed E-state index contributed by atoms with van der Waals surface area (Å²) in [6.07, 6.45) is 2.17. The summed E-state index contributed by atoms with van der Waals surface area (Å²) < 4.78 is 5.68. The van der Waals surface area contributed by atoms with Gasteiger partial charge in [0.2, 0.25) is 0 Å². The van der Waals surface area contributed by atoms with Crippen LogP contribution >= 0.6 is 0 Å². The van der Waals surface area contributed by atoms with E-state index in [9.17, 15) is 0 Å². The molecule has 1 aromatic heterocycles. The van der Waals surface area contributed by atoms with Crippen molar-refractivity contribution in [1.29, 1.82) is 0 Å². The Morgan fingerprint density at radius 3 is 2.85 bits per heavy atom. The summed E-state index contributed by atoms with van der Waals surface area (Å²) in [5.41, 5.74) is 1.40. The quantitative estimate of drug-likeness (QED) is 0.921. The van der Waals surface area contributed by atoms with Gasteiger partial charge in [-0.2, -0.15) is 0 Å². The first-order valence-electron chi connectivity index (χ1n) is 7.43. The largest absolute Gasteiger partial charge is 0.375 e. The Morgan fingerprint density at radius 2 is 2.15 bits per heavy atom. The molecule has 0 radical (unpaired) electrons. The third kappa shape index (κ3) is 4.18. The van der Waals surface area contributed by atoms with Crippen molar-refractivity contribution in [1.82, 2.24) is 10.3 Å². The van der Waals surface area contributed by atoms with Crippen molar-refractivity contribution in [2.75, 3.05) is 18.1 Å². The van der Waals surface area contributed by atoms with Gasteiger partial charge in [-0.1, -0.05) is 0 Å². The molecule has 1 aliphatic rings. The van der Waals surface area contributed by atoms with Crippen molar-refractivity contribution < 1.29 is 4.74 Å². The Hall–Kier alpha value is -1.13. The number of hydrogen-bond acceptors (Lipinski definition) is 4. The molecule has 4 nitrogen and oxygen atoms in total. The molecule has 20 heavy (non-hydrogen) atoms. The normalized spacial score (nSPS) is 23.9. The summed E-state index contributed by atoms with van der Waals surface area (Å²) in [6, 6.07) is 4.65. The molecule has 1 saturated heterocycles. The highest BCUT2D eigenvalue weighted by Gasteiger charge is 2.24. The first kappa shape index (κ1) is 15.3. The average molecular weight is 277 g/mol. The van der Waals surface area contributed by atoms with Crippen LogP contribution in [-0.4, -0.2) is 35.8 Å². The van der Waals surface area contributed by atoms with Crippen LogP contribution < -0.4 is 10.2 Å². The molecule has 0 aliphatic carbocycles. The molecule has 1 aliphatic heterocycles. The molecule has 2 unspecified atom stereocenters. The van der Waals surface area contributed by atoms with Gasteiger partial charge in [0.15, 0.2) is 0 Å². The number of nitrogens with one attached hydrogen (secondary N) is 1. The number of nitrogens with zero attached hydrogens (tertiary/aromatic N) is 2. The monoisotopic (exact) mass is 277 g/mol. The van der Waals surface area contributed by atoms with Crippen LogP contribution in [0.25, 0.3) is 0 Å². The lowest BCUT2D eigenvalue weighted by atomic mass is 10.1. The number of hydrogen-bond donors (Lipinski definition) is 1. The lowest BCUT2D eigenvalue weighted by Crippen LogP contribution is -2.47. The van der Waals surface area contributed by atoms with Gasteiger partial charge >= 0.3 is 0 Å². The predicted octanol–water partition coefficient (Wildman–Crippen LogP) is 2.58. The molecule has 1 N–H and O–H groups in total. The Labute approximate surface area is 122 Å². The second-order valence-electron chi connectivity index (χ2n) is 6.77. The fraction of sp³-hybridized carbons (Fsp3) is 0.688. The van der Waals surface area contributed by atoms with Crippen molar-refractivity contribution in [2.45, 2.75) is 58.8 Å². The van der Waals surface area contributed by atoms with Crippen LogP contribution in [0.4, 0.5) is 5.82 Å². The average Bonchev–Trinajstić information content (AvgIpc) is 2.39. The summed E-state index contributed by atoms with van der Waals surface area (Å²) in [6.45, 7) is 13.4. The zero-order valence-electron chi connectivity index (χ0n) is 13.3. The maximum Gasteiger partial charge on any atom is 0.129 e. The summed E-state index contributed by atoms with van der Waals surface area (Å²) >= 11 is 0. The van der Waals surface area contributed by atoms with Crippen LogP contribution in [0.3, 0.4) is 0 Å². The molecule has 0 amide bonds. The van der Waals surface area contributed by atoms with E-state index >= 15 is 0 Å². The SMILES string of the molecule is CC1CN(c2cc(CNC(C)(C)C)ccn2)C(C)CO1. The summed E-state index contributed by atoms with van der Waals surface area (Å²) in [7, 11) is 0. The van der Waals surface area contributed by atoms with Crippen molar-refractivity contribution in [3.63, 3.8) is 0 Å². The number of anilines is 1. The number of ether oxygens (including phenoxy) is 1. The van der Waals surface area contributed by atoms with Gasteiger partial charge in [-0.25, -0.2) is 4.98 Å². The topological polar surface area (TPSA) is 37.4 Å². The van der Waals surface area contributed by atoms with Gasteiger partial charge < -0.3 is 15.0 Å². The van der Waals surface area contributed by atoms with E-state index in [0.717, 1.165) is 25.5 Å². The van der Waals surface area contributed by atoms with Crippen LogP contribution in [0.5, 0.6) is 0 Å². The van der Waals surface area contributed by atoms with Gasteiger partial charge in [0, 0.05) is 24.8 Å². The number of aromatic nitrogens is 1. The Kier molecular flexibility index (Phi) is 4.66. The van der Waals surface area contributed by atoms with Crippen LogP contribution in [0.15, 0.2) is 18.3 Å². The summed E-state index contributed by atoms with van der Waals surface area (Å²) in [4.78, 5) is 6.88. The zero-order valence-corrected chi connectivity index (χ0v) is 13.3. The third-order valence-corrected chi connectivity index (χ3v) is 3.53. The predicted molar refractivity (Wildman–Crippen MR) is 83.1 cm³/mol. The highest BCUT2D eigenvalue weighted by molar-refractivity contribution is 5.42. The first-order valence-corrected chi connectivity index (χ1v) is 7.43. The van der Waals surface area contributed by atoms with Gasteiger partial charge in [0.1, 0.15) is 5.82 Å². The van der Waals surface area contributed by atoms with E-state index < -0.39 is 0 Å². The minimum atomic E-state index is 0.129. The molecule has 0 saturated carbocycles. The Balaban J connectivity index is 2.08. The zero-order chi connectivity index (χ0) is 14.8. The van der Waals surface area contributed by atoms with Crippen LogP contribution in [0.2, 0.25) is 0 Å². The molecule has 2 atom stereocenters. The molecule has 0 spiro atoms. The van der Waals surface area contributed by atoms with Crippen molar-refractivity contribution in [3.8, 4) is 0 Å².